The van der Waals surface area contributed by atoms with Crippen LogP contribution in [0.2, 0.25) is 5.15 Å². The van der Waals surface area contributed by atoms with Crippen LogP contribution in [-0.4, -0.2) is 23.0 Å². The number of halogens is 1. The number of thiazole rings is 1. The van der Waals surface area contributed by atoms with Crippen molar-refractivity contribution in [1.82, 2.24) is 9.97 Å². The quantitative estimate of drug-likeness (QED) is 0.676. The van der Waals surface area contributed by atoms with Gasteiger partial charge >= 0.3 is 5.97 Å². The minimum atomic E-state index is -0.487. The number of pyridine rings is 1. The lowest BCUT2D eigenvalue weighted by molar-refractivity contribution is 0.0606. The molecule has 3 rings (SSSR count). The van der Waals surface area contributed by atoms with Gasteiger partial charge in [0, 0.05) is 5.39 Å². The molecule has 0 aliphatic carbocycles. The van der Waals surface area contributed by atoms with E-state index in [1.54, 1.807) is 0 Å². The van der Waals surface area contributed by atoms with Crippen molar-refractivity contribution >= 4 is 39.8 Å². The Balaban J connectivity index is 2.09. The van der Waals surface area contributed by atoms with Crippen molar-refractivity contribution in [3.63, 3.8) is 0 Å². The largest absolute Gasteiger partial charge is 0.465 e. The highest BCUT2D eigenvalue weighted by atomic mass is 35.5. The van der Waals surface area contributed by atoms with Crippen molar-refractivity contribution < 1.29 is 9.53 Å². The molecule has 2 aromatic heterocycles. The second-order valence-corrected chi connectivity index (χ2v) is 5.38. The Labute approximate surface area is 124 Å². The molecule has 4 nitrogen and oxygen atoms in total. The monoisotopic (exact) mass is 304 g/mol. The first kappa shape index (κ1) is 13.0. The maximum Gasteiger partial charge on any atom is 0.351 e. The summed E-state index contributed by atoms with van der Waals surface area (Å²) in [6.45, 7) is 0. The summed E-state index contributed by atoms with van der Waals surface area (Å²) < 4.78 is 4.66. The first-order valence-electron chi connectivity index (χ1n) is 5.80. The number of hydrogen-bond acceptors (Lipinski definition) is 5. The van der Waals surface area contributed by atoms with E-state index < -0.39 is 5.97 Å². The van der Waals surface area contributed by atoms with Gasteiger partial charge in [-0.1, -0.05) is 35.9 Å². The zero-order valence-corrected chi connectivity index (χ0v) is 12.0. The van der Waals surface area contributed by atoms with Crippen LogP contribution < -0.4 is 0 Å². The zero-order chi connectivity index (χ0) is 14.1. The van der Waals surface area contributed by atoms with E-state index in [1.807, 2.05) is 36.4 Å². The van der Waals surface area contributed by atoms with Crippen LogP contribution >= 0.6 is 22.9 Å². The molecule has 100 valence electrons. The zero-order valence-electron chi connectivity index (χ0n) is 10.5. The third-order valence-electron chi connectivity index (χ3n) is 2.77. The van der Waals surface area contributed by atoms with Gasteiger partial charge in [-0.3, -0.25) is 0 Å². The molecule has 0 aliphatic rings. The molecule has 20 heavy (non-hydrogen) atoms. The van der Waals surface area contributed by atoms with Crippen LogP contribution in [0.1, 0.15) is 9.67 Å². The van der Waals surface area contributed by atoms with Crippen molar-refractivity contribution in [3.8, 4) is 10.7 Å². The van der Waals surface area contributed by atoms with Crippen LogP contribution in [0.25, 0.3) is 21.6 Å². The second kappa shape index (κ2) is 5.19. The SMILES string of the molecule is COC(=O)c1sc(-c2ccc3ccccc3n2)nc1Cl. The topological polar surface area (TPSA) is 52.1 Å². The van der Waals surface area contributed by atoms with Gasteiger partial charge in [-0.2, -0.15) is 0 Å². The van der Waals surface area contributed by atoms with Crippen LogP contribution in [0.3, 0.4) is 0 Å². The molecule has 0 aliphatic heterocycles. The number of para-hydroxylation sites is 1. The third-order valence-corrected chi connectivity index (χ3v) is 4.22. The van der Waals surface area contributed by atoms with Crippen LogP contribution in [0.5, 0.6) is 0 Å². The molecule has 0 atom stereocenters. The highest BCUT2D eigenvalue weighted by molar-refractivity contribution is 7.17. The van der Waals surface area contributed by atoms with E-state index in [0.717, 1.165) is 10.9 Å². The van der Waals surface area contributed by atoms with Gasteiger partial charge in [-0.05, 0) is 12.1 Å². The summed E-state index contributed by atoms with van der Waals surface area (Å²) in [5, 5.41) is 1.79. The molecule has 0 fully saturated rings. The van der Waals surface area contributed by atoms with Crippen molar-refractivity contribution in [1.29, 1.82) is 0 Å². The highest BCUT2D eigenvalue weighted by Gasteiger charge is 2.18. The first-order chi connectivity index (χ1) is 9.69. The number of rotatable bonds is 2. The van der Waals surface area contributed by atoms with E-state index in [1.165, 1.54) is 18.4 Å². The molecule has 0 unspecified atom stereocenters. The van der Waals surface area contributed by atoms with Crippen molar-refractivity contribution in [2.45, 2.75) is 0 Å². The predicted octanol–water partition coefficient (Wildman–Crippen LogP) is 3.80. The number of aromatic nitrogens is 2. The van der Waals surface area contributed by atoms with E-state index in [9.17, 15) is 4.79 Å². The fourth-order valence-corrected chi connectivity index (χ4v) is 2.99. The molecule has 6 heteroatoms. The Hall–Kier alpha value is -1.98. The summed E-state index contributed by atoms with van der Waals surface area (Å²) in [6, 6.07) is 11.6. The van der Waals surface area contributed by atoms with Crippen molar-refractivity contribution in [3.05, 3.63) is 46.4 Å². The molecule has 0 spiro atoms. The number of ether oxygens (including phenoxy) is 1. The second-order valence-electron chi connectivity index (χ2n) is 4.02. The number of hydrogen-bond donors (Lipinski definition) is 0. The average molecular weight is 305 g/mol. The van der Waals surface area contributed by atoms with Gasteiger partial charge in [0.25, 0.3) is 0 Å². The molecule has 0 saturated heterocycles. The maximum absolute atomic E-state index is 11.5. The lowest BCUT2D eigenvalue weighted by Crippen LogP contribution is -1.98. The molecule has 2 heterocycles. The van der Waals surface area contributed by atoms with E-state index in [-0.39, 0.29) is 5.15 Å². The predicted molar refractivity (Wildman–Crippen MR) is 79.2 cm³/mol. The van der Waals surface area contributed by atoms with Crippen LogP contribution in [0.15, 0.2) is 36.4 Å². The van der Waals surface area contributed by atoms with Gasteiger partial charge < -0.3 is 4.74 Å². The van der Waals surface area contributed by atoms with Gasteiger partial charge in [0.05, 0.1) is 18.3 Å². The molecule has 0 bridgehead atoms. The molecule has 3 aromatic rings. The minimum absolute atomic E-state index is 0.145. The Bertz CT molecular complexity index is 801. The first-order valence-corrected chi connectivity index (χ1v) is 6.99. The van der Waals surface area contributed by atoms with Gasteiger partial charge in [-0.25, -0.2) is 14.8 Å². The Morgan fingerprint density at radius 3 is 2.80 bits per heavy atom. The lowest BCUT2D eigenvalue weighted by atomic mass is 10.2. The Morgan fingerprint density at radius 1 is 1.20 bits per heavy atom. The Kier molecular flexibility index (Phi) is 3.38. The van der Waals surface area contributed by atoms with Gasteiger partial charge in [-0.15, -0.1) is 11.3 Å². The molecular weight excluding hydrogens is 296 g/mol. The van der Waals surface area contributed by atoms with Gasteiger partial charge in [0.2, 0.25) is 0 Å². The minimum Gasteiger partial charge on any atom is -0.465 e. The van der Waals surface area contributed by atoms with Crippen LogP contribution in [0.4, 0.5) is 0 Å². The van der Waals surface area contributed by atoms with Gasteiger partial charge in [0.1, 0.15) is 5.01 Å². The molecule has 0 N–H and O–H groups in total. The number of nitrogens with zero attached hydrogens (tertiary/aromatic N) is 2. The summed E-state index contributed by atoms with van der Waals surface area (Å²) in [7, 11) is 1.31. The lowest BCUT2D eigenvalue weighted by Gasteiger charge is -1.99. The normalized spacial score (nSPS) is 10.7. The van der Waals surface area contributed by atoms with Crippen molar-refractivity contribution in [2.24, 2.45) is 0 Å². The Morgan fingerprint density at radius 2 is 2.00 bits per heavy atom. The average Bonchev–Trinajstić information content (AvgIpc) is 2.88. The van der Waals surface area contributed by atoms with Crippen LogP contribution in [-0.2, 0) is 4.74 Å². The molecular formula is C14H9ClN2O2S. The van der Waals surface area contributed by atoms with E-state index >= 15 is 0 Å². The van der Waals surface area contributed by atoms with E-state index in [4.69, 9.17) is 11.6 Å². The summed E-state index contributed by atoms with van der Waals surface area (Å²) in [6.07, 6.45) is 0. The highest BCUT2D eigenvalue weighted by Crippen LogP contribution is 2.31. The number of benzene rings is 1. The standard InChI is InChI=1S/C14H9ClN2O2S/c1-19-14(18)11-12(15)17-13(20-11)10-7-6-8-4-2-3-5-9(8)16-10/h2-7H,1H3. The molecule has 0 saturated carbocycles. The molecule has 0 radical (unpaired) electrons. The van der Waals surface area contributed by atoms with Gasteiger partial charge in [0.15, 0.2) is 10.0 Å². The number of fused-ring (bicyclic) bond motifs is 1. The molecule has 1 aromatic carbocycles. The number of methoxy groups -OCH3 is 1. The third kappa shape index (κ3) is 2.26. The summed E-state index contributed by atoms with van der Waals surface area (Å²) >= 11 is 7.13. The summed E-state index contributed by atoms with van der Waals surface area (Å²) in [5.41, 5.74) is 1.56. The number of carbonyl (C=O) groups is 1. The number of carbonyl (C=O) groups excluding carboxylic acids is 1. The van der Waals surface area contributed by atoms with E-state index in [2.05, 4.69) is 14.7 Å². The van der Waals surface area contributed by atoms with E-state index in [0.29, 0.717) is 15.6 Å². The van der Waals surface area contributed by atoms with Crippen molar-refractivity contribution in [2.75, 3.05) is 7.11 Å². The smallest absolute Gasteiger partial charge is 0.351 e. The fourth-order valence-electron chi connectivity index (χ4n) is 1.81. The molecule has 0 amide bonds. The van der Waals surface area contributed by atoms with Crippen LogP contribution in [0, 0.1) is 0 Å². The summed E-state index contributed by atoms with van der Waals surface area (Å²) in [4.78, 5) is 20.5. The maximum atomic E-state index is 11.5. The number of esters is 1. The summed E-state index contributed by atoms with van der Waals surface area (Å²) in [5.74, 6) is -0.487. The fraction of sp³-hybridized carbons (Fsp3) is 0.0714.